The number of esters is 2. The quantitative estimate of drug-likeness (QED) is 0.0231. The van der Waals surface area contributed by atoms with E-state index < -0.39 is 51.1 Å². The lowest BCUT2D eigenvalue weighted by Crippen LogP contribution is -2.34. The third kappa shape index (κ3) is 40.7. The number of carboxylic acids is 1. The Hall–Kier alpha value is -2.04. The van der Waals surface area contributed by atoms with Crippen LogP contribution in [0.4, 0.5) is 0 Å². The van der Waals surface area contributed by atoms with E-state index in [1.807, 2.05) is 6.08 Å². The molecule has 0 saturated carbocycles. The van der Waals surface area contributed by atoms with Gasteiger partial charge in [-0.15, -0.1) is 0 Å². The molecule has 0 aromatic heterocycles. The van der Waals surface area contributed by atoms with E-state index >= 15 is 0 Å². The number of nitrogens with two attached hydrogens (primary N) is 1. The fourth-order valence-corrected chi connectivity index (χ4v) is 7.30. The first-order valence-corrected chi connectivity index (χ1v) is 24.9. The van der Waals surface area contributed by atoms with Gasteiger partial charge in [0, 0.05) is 12.8 Å². The highest BCUT2D eigenvalue weighted by Crippen LogP contribution is 2.43. The number of phosphoric acid groups is 1. The van der Waals surface area contributed by atoms with Crippen LogP contribution in [0.5, 0.6) is 0 Å². The molecular formula is C46H86NO10P. The topological polar surface area (TPSA) is 172 Å². The molecule has 0 fully saturated rings. The first-order valence-electron chi connectivity index (χ1n) is 23.4. The molecule has 0 spiro atoms. The smallest absolute Gasteiger partial charge is 0.472 e. The molecule has 0 aromatic rings. The number of hydrogen-bond donors (Lipinski definition) is 3. The van der Waals surface area contributed by atoms with Crippen molar-refractivity contribution in [3.63, 3.8) is 0 Å². The van der Waals surface area contributed by atoms with Crippen LogP contribution in [0, 0.1) is 0 Å². The second kappa shape index (κ2) is 41.7. The Balaban J connectivity index is 4.35. The summed E-state index contributed by atoms with van der Waals surface area (Å²) in [4.78, 5) is 46.0. The van der Waals surface area contributed by atoms with Crippen molar-refractivity contribution in [3.8, 4) is 0 Å². The Morgan fingerprint density at radius 1 is 0.534 bits per heavy atom. The van der Waals surface area contributed by atoms with Crippen molar-refractivity contribution < 1.29 is 47.5 Å². The number of ether oxygens (including phenoxy) is 2. The highest BCUT2D eigenvalue weighted by Gasteiger charge is 2.28. The Kier molecular flexibility index (Phi) is 40.2. The standard InChI is InChI=1S/C46H86NO10P/c1-3-5-7-9-11-13-15-17-19-21-23-25-27-29-31-33-35-37-44(48)54-39-42(40-55-58(52,53)56-41-43(47)46(50)51)57-45(49)38-36-34-32-30-28-26-24-22-20-18-16-14-12-10-8-6-4-2/h23,25,29,31,42-43H,3-22,24,26-28,30,32-41,47H2,1-2H3,(H,50,51)(H,52,53)/b25-23+,31-29+/t42-,43+/m1/s1. The van der Waals surface area contributed by atoms with E-state index in [2.05, 4.69) is 36.6 Å². The van der Waals surface area contributed by atoms with Crippen molar-refractivity contribution in [2.24, 2.45) is 5.73 Å². The van der Waals surface area contributed by atoms with E-state index in [1.54, 1.807) is 0 Å². The number of unbranched alkanes of at least 4 members (excludes halogenated alkanes) is 26. The molecule has 1 unspecified atom stereocenters. The Morgan fingerprint density at radius 2 is 0.931 bits per heavy atom. The molecule has 58 heavy (non-hydrogen) atoms. The van der Waals surface area contributed by atoms with E-state index in [1.165, 1.54) is 141 Å². The lowest BCUT2D eigenvalue weighted by Gasteiger charge is -2.20. The highest BCUT2D eigenvalue weighted by molar-refractivity contribution is 7.47. The Morgan fingerprint density at radius 3 is 1.40 bits per heavy atom. The number of hydrogen-bond acceptors (Lipinski definition) is 9. The van der Waals surface area contributed by atoms with Crippen molar-refractivity contribution in [2.75, 3.05) is 19.8 Å². The molecule has 340 valence electrons. The van der Waals surface area contributed by atoms with Crippen LogP contribution in [0.2, 0.25) is 0 Å². The summed E-state index contributed by atoms with van der Waals surface area (Å²) in [5.74, 6) is -2.42. The van der Waals surface area contributed by atoms with Crippen molar-refractivity contribution in [1.29, 1.82) is 0 Å². The SMILES string of the molecule is CCCCCCCCCCC/C=C/C/C=C/CCCC(=O)OC[C@H](COP(=O)(O)OC[C@H](N)C(=O)O)OC(=O)CCCCCCCCCCCCCCCCCCC. The zero-order valence-corrected chi connectivity index (χ0v) is 37.8. The van der Waals surface area contributed by atoms with Gasteiger partial charge in [-0.3, -0.25) is 23.4 Å². The van der Waals surface area contributed by atoms with Gasteiger partial charge < -0.3 is 25.2 Å². The van der Waals surface area contributed by atoms with Gasteiger partial charge in [0.2, 0.25) is 0 Å². The minimum Gasteiger partial charge on any atom is -0.480 e. The number of carbonyl (C=O) groups excluding carboxylic acids is 2. The van der Waals surface area contributed by atoms with Gasteiger partial charge in [0.1, 0.15) is 12.6 Å². The molecule has 3 atom stereocenters. The van der Waals surface area contributed by atoms with Gasteiger partial charge >= 0.3 is 25.7 Å². The van der Waals surface area contributed by atoms with Crippen LogP contribution in [0.1, 0.15) is 219 Å². The Bertz CT molecular complexity index is 1080. The monoisotopic (exact) mass is 844 g/mol. The highest BCUT2D eigenvalue weighted by atomic mass is 31.2. The maximum atomic E-state index is 12.6. The number of carboxylic acid groups (broad SMARTS) is 1. The van der Waals surface area contributed by atoms with Crippen molar-refractivity contribution in [2.45, 2.75) is 231 Å². The fraction of sp³-hybridized carbons (Fsp3) is 0.848. The van der Waals surface area contributed by atoms with Gasteiger partial charge in [-0.25, -0.2) is 4.57 Å². The number of aliphatic carboxylic acids is 1. The summed E-state index contributed by atoms with van der Waals surface area (Å²) in [6, 6.07) is -1.52. The zero-order valence-electron chi connectivity index (χ0n) is 36.9. The summed E-state index contributed by atoms with van der Waals surface area (Å²) in [5, 5.41) is 8.90. The molecule has 12 heteroatoms. The van der Waals surface area contributed by atoms with Crippen LogP contribution < -0.4 is 5.73 Å². The average molecular weight is 844 g/mol. The molecule has 0 rings (SSSR count). The minimum absolute atomic E-state index is 0.157. The molecule has 0 aliphatic rings. The number of rotatable bonds is 44. The maximum absolute atomic E-state index is 12.6. The van der Waals surface area contributed by atoms with Crippen molar-refractivity contribution in [3.05, 3.63) is 24.3 Å². The summed E-state index contributed by atoms with van der Waals surface area (Å²) in [5.41, 5.74) is 5.34. The van der Waals surface area contributed by atoms with Crippen molar-refractivity contribution >= 4 is 25.7 Å². The van der Waals surface area contributed by atoms with Crippen LogP contribution in [-0.4, -0.2) is 59.9 Å². The van der Waals surface area contributed by atoms with Gasteiger partial charge in [-0.05, 0) is 38.5 Å². The van der Waals surface area contributed by atoms with E-state index in [0.29, 0.717) is 19.3 Å². The zero-order chi connectivity index (χ0) is 42.8. The summed E-state index contributed by atoms with van der Waals surface area (Å²) in [7, 11) is -4.72. The van der Waals surface area contributed by atoms with Gasteiger partial charge in [-0.2, -0.15) is 0 Å². The molecule has 0 radical (unpaired) electrons. The Labute approximate surface area is 353 Å². The van der Waals surface area contributed by atoms with Crippen LogP contribution in [-0.2, 0) is 37.5 Å². The number of phosphoric ester groups is 1. The molecule has 0 aliphatic carbocycles. The summed E-state index contributed by atoms with van der Waals surface area (Å²) < 4.78 is 32.7. The summed E-state index contributed by atoms with van der Waals surface area (Å²) >= 11 is 0. The predicted octanol–water partition coefficient (Wildman–Crippen LogP) is 12.6. The van der Waals surface area contributed by atoms with Crippen LogP contribution >= 0.6 is 7.82 Å². The number of allylic oxidation sites excluding steroid dienone is 4. The van der Waals surface area contributed by atoms with Crippen molar-refractivity contribution in [1.82, 2.24) is 0 Å². The fourth-order valence-electron chi connectivity index (χ4n) is 6.52. The molecule has 0 saturated heterocycles. The third-order valence-electron chi connectivity index (χ3n) is 10.2. The molecular weight excluding hydrogens is 757 g/mol. The number of carbonyl (C=O) groups is 3. The van der Waals surface area contributed by atoms with E-state index in [0.717, 1.165) is 32.1 Å². The first kappa shape index (κ1) is 56.0. The second-order valence-corrected chi connectivity index (χ2v) is 17.3. The van der Waals surface area contributed by atoms with E-state index in [-0.39, 0.29) is 19.4 Å². The van der Waals surface area contributed by atoms with Gasteiger partial charge in [-0.1, -0.05) is 192 Å². The van der Waals surface area contributed by atoms with Crippen LogP contribution in [0.25, 0.3) is 0 Å². The molecule has 0 bridgehead atoms. The lowest BCUT2D eigenvalue weighted by molar-refractivity contribution is -0.161. The first-order chi connectivity index (χ1) is 28.1. The van der Waals surface area contributed by atoms with Gasteiger partial charge in [0.05, 0.1) is 13.2 Å². The summed E-state index contributed by atoms with van der Waals surface area (Å²) in [6.45, 7) is 2.79. The average Bonchev–Trinajstić information content (AvgIpc) is 3.20. The molecule has 0 aromatic carbocycles. The molecule has 4 N–H and O–H groups in total. The largest absolute Gasteiger partial charge is 0.480 e. The molecule has 0 heterocycles. The third-order valence-corrected chi connectivity index (χ3v) is 11.2. The summed E-state index contributed by atoms with van der Waals surface area (Å²) in [6.07, 6.45) is 43.9. The molecule has 0 amide bonds. The second-order valence-electron chi connectivity index (χ2n) is 15.9. The lowest BCUT2D eigenvalue weighted by atomic mass is 10.0. The van der Waals surface area contributed by atoms with E-state index in [9.17, 15) is 23.8 Å². The van der Waals surface area contributed by atoms with Crippen LogP contribution in [0.15, 0.2) is 24.3 Å². The van der Waals surface area contributed by atoms with Gasteiger partial charge in [0.15, 0.2) is 6.10 Å². The maximum Gasteiger partial charge on any atom is 0.472 e. The molecule has 11 nitrogen and oxygen atoms in total. The minimum atomic E-state index is -4.72. The van der Waals surface area contributed by atoms with E-state index in [4.69, 9.17) is 24.8 Å². The van der Waals surface area contributed by atoms with Gasteiger partial charge in [0.25, 0.3) is 0 Å². The normalized spacial score (nSPS) is 13.9. The van der Waals surface area contributed by atoms with Crippen LogP contribution in [0.3, 0.4) is 0 Å². The predicted molar refractivity (Wildman–Crippen MR) is 236 cm³/mol. The molecule has 0 aliphatic heterocycles.